The van der Waals surface area contributed by atoms with Crippen molar-refractivity contribution in [1.29, 1.82) is 0 Å². The third kappa shape index (κ3) is 11.6. The Balaban J connectivity index is 1.40. The van der Waals surface area contributed by atoms with Crippen molar-refractivity contribution < 1.29 is 29.0 Å². The molecule has 2 aromatic carbocycles. The van der Waals surface area contributed by atoms with Crippen LogP contribution in [0.25, 0.3) is 0 Å². The second-order valence-corrected chi connectivity index (χ2v) is 11.2. The van der Waals surface area contributed by atoms with Crippen molar-refractivity contribution in [1.82, 2.24) is 15.2 Å². The summed E-state index contributed by atoms with van der Waals surface area (Å²) in [6.45, 7) is 1.14. The smallest absolute Gasteiger partial charge is 0.304 e. The van der Waals surface area contributed by atoms with Crippen LogP contribution in [0.15, 0.2) is 97.3 Å². The Morgan fingerprint density at radius 2 is 1.67 bits per heavy atom. The second-order valence-electron chi connectivity index (χ2n) is 11.2. The molecule has 1 aliphatic rings. The van der Waals surface area contributed by atoms with Crippen LogP contribution in [0, 0.1) is 5.92 Å². The first-order valence-electron chi connectivity index (χ1n) is 15.4. The maximum absolute atomic E-state index is 13.5. The van der Waals surface area contributed by atoms with E-state index in [1.807, 2.05) is 102 Å². The molecule has 0 radical (unpaired) electrons. The minimum atomic E-state index is -1.08. The van der Waals surface area contributed by atoms with Crippen molar-refractivity contribution in [2.45, 2.75) is 64.1 Å². The molecule has 2 atom stereocenters. The van der Waals surface area contributed by atoms with Crippen LogP contribution in [0.4, 0.5) is 0 Å². The van der Waals surface area contributed by atoms with E-state index in [0.29, 0.717) is 38.8 Å². The van der Waals surface area contributed by atoms with Crippen LogP contribution in [0.3, 0.4) is 0 Å². The number of benzene rings is 2. The first kappa shape index (κ1) is 33.0. The van der Waals surface area contributed by atoms with Crippen molar-refractivity contribution in [3.8, 4) is 5.75 Å². The molecule has 9 heteroatoms. The number of ether oxygens (including phenoxy) is 1. The van der Waals surface area contributed by atoms with Gasteiger partial charge in [-0.2, -0.15) is 0 Å². The van der Waals surface area contributed by atoms with E-state index in [0.717, 1.165) is 22.4 Å². The number of nitrogens with one attached hydrogen (secondary N) is 2. The van der Waals surface area contributed by atoms with Crippen LogP contribution in [0.5, 0.6) is 5.75 Å². The molecule has 2 bridgehead atoms. The number of aromatic nitrogens is 1. The molecular weight excluding hydrogens is 570 g/mol. The molecule has 2 amide bonds. The number of ketones is 1. The van der Waals surface area contributed by atoms with Crippen molar-refractivity contribution >= 4 is 23.6 Å². The molecule has 1 aliphatic heterocycles. The SMILES string of the molecule is O=C(O)C[C@@H](CCCc1ccc(OCc2ccccc2)cc1)C(=O)NC1Cc2ccccccn(c2)CCC(=O)CCNC1=O. The quantitative estimate of drug-likeness (QED) is 0.286. The number of hydrogen-bond donors (Lipinski definition) is 3. The molecule has 3 aromatic rings. The van der Waals surface area contributed by atoms with Crippen molar-refractivity contribution in [2.75, 3.05) is 6.54 Å². The van der Waals surface area contributed by atoms with Gasteiger partial charge in [0.25, 0.3) is 0 Å². The van der Waals surface area contributed by atoms with Crippen LogP contribution < -0.4 is 15.4 Å². The molecule has 4 rings (SSSR count). The van der Waals surface area contributed by atoms with Crippen LogP contribution in [0.1, 0.15) is 48.8 Å². The maximum Gasteiger partial charge on any atom is 0.304 e. The van der Waals surface area contributed by atoms with Crippen LogP contribution >= 0.6 is 0 Å². The highest BCUT2D eigenvalue weighted by Gasteiger charge is 2.27. The molecule has 2 heterocycles. The van der Waals surface area contributed by atoms with Gasteiger partial charge >= 0.3 is 5.97 Å². The first-order chi connectivity index (χ1) is 21.9. The summed E-state index contributed by atoms with van der Waals surface area (Å²) in [5, 5.41) is 15.2. The molecule has 0 fully saturated rings. The average molecular weight is 612 g/mol. The minimum Gasteiger partial charge on any atom is -0.489 e. The Morgan fingerprint density at radius 1 is 0.933 bits per heavy atom. The average Bonchev–Trinajstić information content (AvgIpc) is 3.14. The van der Waals surface area contributed by atoms with Gasteiger partial charge in [-0.3, -0.25) is 19.2 Å². The summed E-state index contributed by atoms with van der Waals surface area (Å²) in [6, 6.07) is 26.0. The van der Waals surface area contributed by atoms with Gasteiger partial charge in [0.1, 0.15) is 24.2 Å². The molecule has 1 unspecified atom stereocenters. The fourth-order valence-corrected chi connectivity index (χ4v) is 5.17. The first-order valence-corrected chi connectivity index (χ1v) is 15.4. The van der Waals surface area contributed by atoms with Gasteiger partial charge in [-0.1, -0.05) is 66.7 Å². The van der Waals surface area contributed by atoms with Gasteiger partial charge in [-0.05, 0) is 54.2 Å². The van der Waals surface area contributed by atoms with Crippen LogP contribution in [-0.4, -0.2) is 45.8 Å². The number of aliphatic carboxylic acids is 1. The van der Waals surface area contributed by atoms with E-state index < -0.39 is 29.7 Å². The summed E-state index contributed by atoms with van der Waals surface area (Å²) in [4.78, 5) is 50.7. The predicted molar refractivity (Wildman–Crippen MR) is 171 cm³/mol. The fraction of sp³-hybridized carbons (Fsp3) is 0.333. The van der Waals surface area contributed by atoms with E-state index in [4.69, 9.17) is 4.74 Å². The molecular formula is C36H41N3O6. The zero-order chi connectivity index (χ0) is 31.9. The number of carbonyl (C=O) groups excluding carboxylic acids is 3. The Kier molecular flexibility index (Phi) is 12.7. The van der Waals surface area contributed by atoms with Gasteiger partial charge in [0, 0.05) is 50.7 Å². The number of Topliss-reactive ketones (excluding diaryl/α,β-unsaturated/α-hetero) is 1. The number of nitrogens with zero attached hydrogens (tertiary/aromatic N) is 1. The Morgan fingerprint density at radius 3 is 2.44 bits per heavy atom. The third-order valence-corrected chi connectivity index (χ3v) is 7.66. The number of carboxylic acids is 1. The summed E-state index contributed by atoms with van der Waals surface area (Å²) in [5.74, 6) is -1.99. The molecule has 0 aliphatic carbocycles. The molecule has 236 valence electrons. The Hall–Kier alpha value is -4.92. The third-order valence-electron chi connectivity index (χ3n) is 7.66. The monoisotopic (exact) mass is 611 g/mol. The van der Waals surface area contributed by atoms with Gasteiger partial charge in [0.2, 0.25) is 11.8 Å². The van der Waals surface area contributed by atoms with E-state index >= 15 is 0 Å². The zero-order valence-electron chi connectivity index (χ0n) is 25.4. The number of carboxylic acid groups (broad SMARTS) is 1. The van der Waals surface area contributed by atoms with E-state index in [1.54, 1.807) is 0 Å². The van der Waals surface area contributed by atoms with E-state index in [9.17, 15) is 24.3 Å². The molecule has 0 spiro atoms. The second kappa shape index (κ2) is 17.4. The number of amides is 2. The molecule has 1 aromatic heterocycles. The van der Waals surface area contributed by atoms with E-state index in [1.165, 1.54) is 0 Å². The lowest BCUT2D eigenvalue weighted by molar-refractivity contribution is -0.141. The van der Waals surface area contributed by atoms with Gasteiger partial charge < -0.3 is 25.0 Å². The number of aryl methyl sites for hydroxylation is 2. The largest absolute Gasteiger partial charge is 0.489 e. The van der Waals surface area contributed by atoms with Crippen molar-refractivity contribution in [2.24, 2.45) is 5.92 Å². The lowest BCUT2D eigenvalue weighted by atomic mass is 9.95. The fourth-order valence-electron chi connectivity index (χ4n) is 5.17. The van der Waals surface area contributed by atoms with Gasteiger partial charge in [0.05, 0.1) is 6.42 Å². The highest BCUT2D eigenvalue weighted by Crippen LogP contribution is 2.19. The summed E-state index contributed by atoms with van der Waals surface area (Å²) in [5.41, 5.74) is 2.92. The Labute approximate surface area is 263 Å². The van der Waals surface area contributed by atoms with Gasteiger partial charge in [-0.15, -0.1) is 0 Å². The van der Waals surface area contributed by atoms with E-state index in [2.05, 4.69) is 10.6 Å². The topological polar surface area (TPSA) is 127 Å². The highest BCUT2D eigenvalue weighted by atomic mass is 16.5. The molecule has 3 N–H and O–H groups in total. The molecule has 9 nitrogen and oxygen atoms in total. The van der Waals surface area contributed by atoms with Crippen LogP contribution in [0.2, 0.25) is 0 Å². The van der Waals surface area contributed by atoms with Crippen molar-refractivity contribution in [3.05, 3.63) is 114 Å². The molecule has 0 saturated carbocycles. The van der Waals surface area contributed by atoms with Gasteiger partial charge in [-0.25, -0.2) is 0 Å². The summed E-state index contributed by atoms with van der Waals surface area (Å²) in [7, 11) is 0. The maximum atomic E-state index is 13.5. The Bertz CT molecular complexity index is 1480. The zero-order valence-corrected chi connectivity index (χ0v) is 25.4. The van der Waals surface area contributed by atoms with Crippen LogP contribution in [-0.2, 0) is 45.2 Å². The van der Waals surface area contributed by atoms with E-state index in [-0.39, 0.29) is 31.6 Å². The summed E-state index contributed by atoms with van der Waals surface area (Å²) >= 11 is 0. The standard InChI is InChI=1S/C36H41N3O6/c40-31-18-20-37-36(44)33(23-29-11-4-1-2-7-21-39(25-29)22-19-31)38-35(43)30(24-34(41)42)13-8-12-27-14-16-32(17-15-27)45-26-28-9-5-3-6-10-28/h1-7,9-11,14-17,21,25,30,33H,8,12-13,18-20,22-24,26H2,(H,37,44)(H,38,43)(H,41,42)/t30-,33?/m1/s1. The predicted octanol–water partition coefficient (Wildman–Crippen LogP) is 4.81. The minimum absolute atomic E-state index is 0.0293. The highest BCUT2D eigenvalue weighted by molar-refractivity contribution is 5.90. The normalized spacial score (nSPS) is 15.8. The lowest BCUT2D eigenvalue weighted by Gasteiger charge is -2.22. The van der Waals surface area contributed by atoms with Crippen molar-refractivity contribution in [3.63, 3.8) is 0 Å². The lowest BCUT2D eigenvalue weighted by Crippen LogP contribution is -2.50. The summed E-state index contributed by atoms with van der Waals surface area (Å²) in [6.07, 6.45) is 5.75. The number of carbonyl (C=O) groups is 4. The number of fused-ring (bicyclic) bond motifs is 2. The number of rotatable bonds is 11. The summed E-state index contributed by atoms with van der Waals surface area (Å²) < 4.78 is 7.76. The van der Waals surface area contributed by atoms with Gasteiger partial charge in [0.15, 0.2) is 0 Å². The number of hydrogen-bond acceptors (Lipinski definition) is 5. The molecule has 45 heavy (non-hydrogen) atoms. The molecule has 0 saturated heterocycles.